The van der Waals surface area contributed by atoms with Gasteiger partial charge in [-0.1, -0.05) is 0 Å². The normalized spacial score (nSPS) is 27.9. The van der Waals surface area contributed by atoms with Crippen molar-refractivity contribution < 1.29 is 0 Å². The van der Waals surface area contributed by atoms with E-state index in [2.05, 4.69) is 31.6 Å². The lowest BCUT2D eigenvalue weighted by molar-refractivity contribution is 0.533. The molecule has 4 nitrogen and oxygen atoms in total. The molecule has 2 aliphatic rings. The van der Waals surface area contributed by atoms with Crippen LogP contribution in [-0.2, 0) is 0 Å². The molecule has 2 atom stereocenters. The highest BCUT2D eigenvalue weighted by Gasteiger charge is 2.37. The second kappa shape index (κ2) is 3.65. The fourth-order valence-corrected chi connectivity index (χ4v) is 3.89. The average molecular weight is 246 g/mol. The molecule has 2 aromatic rings. The van der Waals surface area contributed by atoms with Gasteiger partial charge < -0.3 is 10.2 Å². The summed E-state index contributed by atoms with van der Waals surface area (Å²) in [4.78, 5) is 11.2. The Kier molecular flexibility index (Phi) is 2.10. The van der Waals surface area contributed by atoms with E-state index in [-0.39, 0.29) is 0 Å². The van der Waals surface area contributed by atoms with Crippen LogP contribution in [0.25, 0.3) is 10.2 Å². The molecule has 2 aromatic heterocycles. The molecule has 4 rings (SSSR count). The molecule has 0 aliphatic carbocycles. The van der Waals surface area contributed by atoms with Crippen molar-refractivity contribution in [3.05, 3.63) is 17.8 Å². The first-order valence-corrected chi connectivity index (χ1v) is 6.93. The van der Waals surface area contributed by atoms with Gasteiger partial charge in [-0.2, -0.15) is 0 Å². The predicted octanol–water partition coefficient (Wildman–Crippen LogP) is 1.35. The maximum Gasteiger partial charge on any atom is 0.150 e. The van der Waals surface area contributed by atoms with Gasteiger partial charge in [-0.15, -0.1) is 11.3 Å². The molecule has 2 aliphatic heterocycles. The summed E-state index contributed by atoms with van der Waals surface area (Å²) in [5.41, 5.74) is 1.08. The Morgan fingerprint density at radius 3 is 2.88 bits per heavy atom. The van der Waals surface area contributed by atoms with Crippen molar-refractivity contribution in [1.29, 1.82) is 0 Å². The Balaban J connectivity index is 1.73. The molecule has 0 bridgehead atoms. The van der Waals surface area contributed by atoms with E-state index in [1.165, 1.54) is 17.8 Å². The van der Waals surface area contributed by atoms with E-state index in [0.29, 0.717) is 0 Å². The van der Waals surface area contributed by atoms with Crippen LogP contribution in [-0.4, -0.2) is 36.1 Å². The molecule has 0 spiro atoms. The summed E-state index contributed by atoms with van der Waals surface area (Å²) in [6.07, 6.45) is 1.69. The molecule has 2 saturated heterocycles. The molecule has 0 unspecified atom stereocenters. The fraction of sp³-hybridized carbons (Fsp3) is 0.500. The van der Waals surface area contributed by atoms with E-state index in [1.807, 2.05) is 0 Å². The first-order chi connectivity index (χ1) is 8.42. The van der Waals surface area contributed by atoms with Crippen LogP contribution in [0.3, 0.4) is 0 Å². The fourth-order valence-electron chi connectivity index (χ4n) is 3.03. The van der Waals surface area contributed by atoms with Crippen LogP contribution in [0.4, 0.5) is 5.82 Å². The number of nitrogens with zero attached hydrogens (tertiary/aromatic N) is 3. The maximum atomic E-state index is 4.49. The Bertz CT molecular complexity index is 540. The van der Waals surface area contributed by atoms with E-state index in [4.69, 9.17) is 0 Å². The molecule has 88 valence electrons. The Hall–Kier alpha value is -1.20. The molecule has 5 heteroatoms. The Morgan fingerprint density at radius 2 is 2.06 bits per heavy atom. The van der Waals surface area contributed by atoms with Gasteiger partial charge in [0, 0.05) is 26.2 Å². The second-order valence-corrected chi connectivity index (χ2v) is 5.83. The lowest BCUT2D eigenvalue weighted by Gasteiger charge is -2.18. The second-order valence-electron chi connectivity index (χ2n) is 4.92. The van der Waals surface area contributed by atoms with Crippen LogP contribution < -0.4 is 10.2 Å². The van der Waals surface area contributed by atoms with Gasteiger partial charge in [0.25, 0.3) is 0 Å². The van der Waals surface area contributed by atoms with E-state index in [0.717, 1.165) is 36.3 Å². The predicted molar refractivity (Wildman–Crippen MR) is 69.5 cm³/mol. The lowest BCUT2D eigenvalue weighted by atomic mass is 10.0. The minimum absolute atomic E-state index is 0.806. The SMILES string of the molecule is c1nc(N2C[C@H]3CNC[C@H]3C2)c2sccc2n1. The van der Waals surface area contributed by atoms with Crippen molar-refractivity contribution in [3.8, 4) is 0 Å². The molecular formula is C12H14N4S. The van der Waals surface area contributed by atoms with Gasteiger partial charge in [0.15, 0.2) is 0 Å². The van der Waals surface area contributed by atoms with Crippen LogP contribution in [0.15, 0.2) is 17.8 Å². The van der Waals surface area contributed by atoms with Crippen molar-refractivity contribution in [1.82, 2.24) is 15.3 Å². The lowest BCUT2D eigenvalue weighted by Crippen LogP contribution is -2.26. The summed E-state index contributed by atoms with van der Waals surface area (Å²) >= 11 is 1.75. The number of nitrogens with one attached hydrogen (secondary N) is 1. The summed E-state index contributed by atoms with van der Waals surface area (Å²) in [6.45, 7) is 4.61. The van der Waals surface area contributed by atoms with E-state index in [9.17, 15) is 0 Å². The number of fused-ring (bicyclic) bond motifs is 2. The van der Waals surface area contributed by atoms with Gasteiger partial charge >= 0.3 is 0 Å². The number of thiophene rings is 1. The standard InChI is InChI=1S/C12H14N4S/c1-2-17-11-10(1)14-7-15-12(11)16-5-8-3-13-4-9(8)6-16/h1-2,7-9,13H,3-6H2/t8-,9+. The van der Waals surface area contributed by atoms with Gasteiger partial charge in [0.1, 0.15) is 12.1 Å². The maximum absolute atomic E-state index is 4.49. The molecule has 0 aromatic carbocycles. The first-order valence-electron chi connectivity index (χ1n) is 6.05. The zero-order valence-corrected chi connectivity index (χ0v) is 10.3. The average Bonchev–Trinajstić information content (AvgIpc) is 3.02. The van der Waals surface area contributed by atoms with Crippen molar-refractivity contribution >= 4 is 27.4 Å². The number of hydrogen-bond donors (Lipinski definition) is 1. The number of rotatable bonds is 1. The molecule has 0 saturated carbocycles. The third-order valence-corrected chi connectivity index (χ3v) is 4.81. The Morgan fingerprint density at radius 1 is 1.24 bits per heavy atom. The largest absolute Gasteiger partial charge is 0.355 e. The number of anilines is 1. The summed E-state index contributed by atoms with van der Waals surface area (Å²) in [7, 11) is 0. The van der Waals surface area contributed by atoms with Gasteiger partial charge in [-0.05, 0) is 23.3 Å². The van der Waals surface area contributed by atoms with Crippen molar-refractivity contribution in [2.45, 2.75) is 0 Å². The van der Waals surface area contributed by atoms with Crippen LogP contribution in [0.1, 0.15) is 0 Å². The zero-order valence-electron chi connectivity index (χ0n) is 9.47. The van der Waals surface area contributed by atoms with Crippen LogP contribution >= 0.6 is 11.3 Å². The topological polar surface area (TPSA) is 41.1 Å². The molecule has 0 radical (unpaired) electrons. The highest BCUT2D eigenvalue weighted by atomic mass is 32.1. The molecule has 4 heterocycles. The van der Waals surface area contributed by atoms with Crippen LogP contribution in [0.2, 0.25) is 0 Å². The minimum Gasteiger partial charge on any atom is -0.355 e. The molecule has 17 heavy (non-hydrogen) atoms. The van der Waals surface area contributed by atoms with Gasteiger partial charge in [-0.3, -0.25) is 0 Å². The molecule has 2 fully saturated rings. The van der Waals surface area contributed by atoms with Crippen molar-refractivity contribution in [2.75, 3.05) is 31.1 Å². The summed E-state index contributed by atoms with van der Waals surface area (Å²) in [5, 5.41) is 5.57. The van der Waals surface area contributed by atoms with E-state index >= 15 is 0 Å². The monoisotopic (exact) mass is 246 g/mol. The third-order valence-electron chi connectivity index (χ3n) is 3.91. The highest BCUT2D eigenvalue weighted by Crippen LogP contribution is 2.34. The quantitative estimate of drug-likeness (QED) is 0.824. The smallest absolute Gasteiger partial charge is 0.150 e. The number of aromatic nitrogens is 2. The van der Waals surface area contributed by atoms with Gasteiger partial charge in [-0.25, -0.2) is 9.97 Å². The van der Waals surface area contributed by atoms with E-state index < -0.39 is 0 Å². The van der Waals surface area contributed by atoms with Crippen LogP contribution in [0.5, 0.6) is 0 Å². The molecule has 1 N–H and O–H groups in total. The molecule has 0 amide bonds. The Labute approximate surface area is 104 Å². The van der Waals surface area contributed by atoms with E-state index in [1.54, 1.807) is 17.7 Å². The summed E-state index contributed by atoms with van der Waals surface area (Å²) in [6, 6.07) is 2.07. The van der Waals surface area contributed by atoms with Gasteiger partial charge in [0.05, 0.1) is 10.2 Å². The zero-order chi connectivity index (χ0) is 11.2. The van der Waals surface area contributed by atoms with Crippen molar-refractivity contribution in [2.24, 2.45) is 11.8 Å². The van der Waals surface area contributed by atoms with Crippen molar-refractivity contribution in [3.63, 3.8) is 0 Å². The number of hydrogen-bond acceptors (Lipinski definition) is 5. The minimum atomic E-state index is 0.806. The highest BCUT2D eigenvalue weighted by molar-refractivity contribution is 7.17. The first kappa shape index (κ1) is 9.79. The van der Waals surface area contributed by atoms with Crippen LogP contribution in [0, 0.1) is 11.8 Å². The van der Waals surface area contributed by atoms with Gasteiger partial charge in [0.2, 0.25) is 0 Å². The summed E-state index contributed by atoms with van der Waals surface area (Å²) < 4.78 is 1.24. The summed E-state index contributed by atoms with van der Waals surface area (Å²) in [5.74, 6) is 2.75. The third kappa shape index (κ3) is 1.46. The molecular weight excluding hydrogens is 232 g/mol.